The lowest BCUT2D eigenvalue weighted by molar-refractivity contribution is 0.132. The summed E-state index contributed by atoms with van der Waals surface area (Å²) in [7, 11) is 3.19. The van der Waals surface area contributed by atoms with Gasteiger partial charge in [0.15, 0.2) is 0 Å². The van der Waals surface area contributed by atoms with Crippen molar-refractivity contribution in [2.75, 3.05) is 14.2 Å². The molecule has 2 rings (SSSR count). The summed E-state index contributed by atoms with van der Waals surface area (Å²) in [6, 6.07) is 3.66. The number of hydrogen-bond acceptors (Lipinski definition) is 4. The maximum atomic E-state index is 10.3. The average Bonchev–Trinajstić information content (AvgIpc) is 3.06. The van der Waals surface area contributed by atoms with Crippen molar-refractivity contribution in [2.24, 2.45) is 5.73 Å². The van der Waals surface area contributed by atoms with E-state index in [1.807, 2.05) is 13.0 Å². The Morgan fingerprint density at radius 3 is 2.41 bits per heavy atom. The standard InChI is InChI=1S/C13H19NO3/c1-8-6-9(16-2)7-10(17-3)11(8)12(15)13(14)4-5-13/h6-7,12,15H,4-5,14H2,1-3H3. The summed E-state index contributed by atoms with van der Waals surface area (Å²) >= 11 is 0. The third-order valence-electron chi connectivity index (χ3n) is 3.42. The molecule has 0 aromatic heterocycles. The number of rotatable bonds is 4. The van der Waals surface area contributed by atoms with Crippen molar-refractivity contribution >= 4 is 0 Å². The van der Waals surface area contributed by atoms with Gasteiger partial charge in [-0.05, 0) is 31.4 Å². The Bertz CT molecular complexity index is 427. The van der Waals surface area contributed by atoms with Gasteiger partial charge >= 0.3 is 0 Å². The predicted molar refractivity (Wildman–Crippen MR) is 65.4 cm³/mol. The molecule has 3 N–H and O–H groups in total. The Kier molecular flexibility index (Phi) is 3.02. The molecule has 0 heterocycles. The second-order valence-corrected chi connectivity index (χ2v) is 4.70. The van der Waals surface area contributed by atoms with Crippen molar-refractivity contribution in [1.29, 1.82) is 0 Å². The first-order valence-electron chi connectivity index (χ1n) is 5.71. The van der Waals surface area contributed by atoms with Crippen LogP contribution in [0.15, 0.2) is 12.1 Å². The van der Waals surface area contributed by atoms with E-state index in [0.717, 1.165) is 29.7 Å². The SMILES string of the molecule is COc1cc(C)c(C(O)C2(N)CC2)c(OC)c1. The fraction of sp³-hybridized carbons (Fsp3) is 0.538. The molecule has 1 aliphatic carbocycles. The summed E-state index contributed by atoms with van der Waals surface area (Å²) in [4.78, 5) is 0. The number of aliphatic hydroxyl groups excluding tert-OH is 1. The van der Waals surface area contributed by atoms with Crippen molar-refractivity contribution in [2.45, 2.75) is 31.4 Å². The summed E-state index contributed by atoms with van der Waals surface area (Å²) in [5.41, 5.74) is 7.28. The molecule has 0 saturated heterocycles. The molecule has 1 atom stereocenters. The summed E-state index contributed by atoms with van der Waals surface area (Å²) in [5.74, 6) is 1.35. The van der Waals surface area contributed by atoms with Crippen LogP contribution in [0.4, 0.5) is 0 Å². The maximum absolute atomic E-state index is 10.3. The maximum Gasteiger partial charge on any atom is 0.128 e. The van der Waals surface area contributed by atoms with Crippen LogP contribution in [0.3, 0.4) is 0 Å². The molecule has 0 aliphatic heterocycles. The van der Waals surface area contributed by atoms with Crippen molar-refractivity contribution in [1.82, 2.24) is 0 Å². The van der Waals surface area contributed by atoms with E-state index in [1.54, 1.807) is 20.3 Å². The van der Waals surface area contributed by atoms with E-state index in [9.17, 15) is 5.11 Å². The van der Waals surface area contributed by atoms with E-state index >= 15 is 0 Å². The normalized spacial score (nSPS) is 18.6. The fourth-order valence-corrected chi connectivity index (χ4v) is 2.08. The molecule has 0 radical (unpaired) electrons. The van der Waals surface area contributed by atoms with E-state index in [1.165, 1.54) is 0 Å². The molecule has 1 saturated carbocycles. The zero-order chi connectivity index (χ0) is 12.6. The van der Waals surface area contributed by atoms with Gasteiger partial charge in [0.25, 0.3) is 0 Å². The first-order valence-corrected chi connectivity index (χ1v) is 5.71. The van der Waals surface area contributed by atoms with E-state index in [4.69, 9.17) is 15.2 Å². The van der Waals surface area contributed by atoms with Crippen LogP contribution in [0.25, 0.3) is 0 Å². The van der Waals surface area contributed by atoms with Gasteiger partial charge in [0, 0.05) is 17.2 Å². The molecule has 0 amide bonds. The number of nitrogens with two attached hydrogens (primary N) is 1. The monoisotopic (exact) mass is 237 g/mol. The molecular weight excluding hydrogens is 218 g/mol. The van der Waals surface area contributed by atoms with Crippen molar-refractivity contribution < 1.29 is 14.6 Å². The highest BCUT2D eigenvalue weighted by Crippen LogP contribution is 2.47. The Hall–Kier alpha value is -1.26. The van der Waals surface area contributed by atoms with E-state index < -0.39 is 11.6 Å². The minimum absolute atomic E-state index is 0.480. The van der Waals surface area contributed by atoms with Gasteiger partial charge in [-0.25, -0.2) is 0 Å². The number of ether oxygens (including phenoxy) is 2. The van der Waals surface area contributed by atoms with Gasteiger partial charge in [0.2, 0.25) is 0 Å². The second-order valence-electron chi connectivity index (χ2n) is 4.70. The molecule has 1 unspecified atom stereocenters. The average molecular weight is 237 g/mol. The van der Waals surface area contributed by atoms with Crippen LogP contribution in [-0.2, 0) is 0 Å². The molecule has 1 aromatic carbocycles. The minimum atomic E-state index is -0.677. The van der Waals surface area contributed by atoms with E-state index in [2.05, 4.69) is 0 Å². The summed E-state index contributed by atoms with van der Waals surface area (Å²) in [5, 5.41) is 10.3. The van der Waals surface area contributed by atoms with Crippen LogP contribution >= 0.6 is 0 Å². The van der Waals surface area contributed by atoms with Gasteiger partial charge in [0.1, 0.15) is 17.6 Å². The van der Waals surface area contributed by atoms with Crippen molar-refractivity contribution in [3.05, 3.63) is 23.3 Å². The van der Waals surface area contributed by atoms with Gasteiger partial charge in [-0.15, -0.1) is 0 Å². The van der Waals surface area contributed by atoms with Gasteiger partial charge in [-0.2, -0.15) is 0 Å². The topological polar surface area (TPSA) is 64.7 Å². The van der Waals surface area contributed by atoms with Gasteiger partial charge in [-0.1, -0.05) is 0 Å². The Labute approximate surface area is 101 Å². The molecule has 1 fully saturated rings. The van der Waals surface area contributed by atoms with Crippen LogP contribution < -0.4 is 15.2 Å². The van der Waals surface area contributed by atoms with Gasteiger partial charge < -0.3 is 20.3 Å². The number of aryl methyl sites for hydroxylation is 1. The molecule has 17 heavy (non-hydrogen) atoms. The molecule has 0 spiro atoms. The largest absolute Gasteiger partial charge is 0.497 e. The van der Waals surface area contributed by atoms with E-state index in [-0.39, 0.29) is 0 Å². The smallest absolute Gasteiger partial charge is 0.128 e. The lowest BCUT2D eigenvalue weighted by Gasteiger charge is -2.23. The zero-order valence-electron chi connectivity index (χ0n) is 10.5. The predicted octanol–water partition coefficient (Wildman–Crippen LogP) is 1.54. The molecule has 4 heteroatoms. The third-order valence-corrected chi connectivity index (χ3v) is 3.42. The highest BCUT2D eigenvalue weighted by Gasteiger charge is 2.47. The Balaban J connectivity index is 2.45. The van der Waals surface area contributed by atoms with Crippen molar-refractivity contribution in [3.8, 4) is 11.5 Å². The first-order chi connectivity index (χ1) is 8.01. The van der Waals surface area contributed by atoms with Crippen LogP contribution in [0, 0.1) is 6.92 Å². The lowest BCUT2D eigenvalue weighted by Crippen LogP contribution is -2.31. The van der Waals surface area contributed by atoms with Crippen LogP contribution in [0.5, 0.6) is 11.5 Å². The van der Waals surface area contributed by atoms with Crippen LogP contribution in [0.1, 0.15) is 30.1 Å². The third kappa shape index (κ3) is 2.10. The van der Waals surface area contributed by atoms with Crippen LogP contribution in [-0.4, -0.2) is 24.9 Å². The number of hydrogen-bond donors (Lipinski definition) is 2. The quantitative estimate of drug-likeness (QED) is 0.833. The number of methoxy groups -OCH3 is 2. The van der Waals surface area contributed by atoms with E-state index in [0.29, 0.717) is 5.75 Å². The highest BCUT2D eigenvalue weighted by molar-refractivity contribution is 5.49. The Morgan fingerprint density at radius 1 is 1.29 bits per heavy atom. The first kappa shape index (κ1) is 12.2. The summed E-state index contributed by atoms with van der Waals surface area (Å²) in [6.07, 6.45) is 1.02. The zero-order valence-corrected chi connectivity index (χ0v) is 10.5. The molecule has 0 bridgehead atoms. The molecule has 1 aliphatic rings. The summed E-state index contributed by atoms with van der Waals surface area (Å²) < 4.78 is 10.5. The summed E-state index contributed by atoms with van der Waals surface area (Å²) in [6.45, 7) is 1.93. The van der Waals surface area contributed by atoms with Gasteiger partial charge in [0.05, 0.1) is 14.2 Å². The minimum Gasteiger partial charge on any atom is -0.497 e. The second kappa shape index (κ2) is 4.20. The molecule has 4 nitrogen and oxygen atoms in total. The molecule has 94 valence electrons. The number of benzene rings is 1. The number of aliphatic hydroxyl groups is 1. The Morgan fingerprint density at radius 2 is 1.94 bits per heavy atom. The highest BCUT2D eigenvalue weighted by atomic mass is 16.5. The van der Waals surface area contributed by atoms with Gasteiger partial charge in [-0.3, -0.25) is 0 Å². The molecule has 1 aromatic rings. The van der Waals surface area contributed by atoms with Crippen molar-refractivity contribution in [3.63, 3.8) is 0 Å². The van der Waals surface area contributed by atoms with Crippen LogP contribution in [0.2, 0.25) is 0 Å². The fourth-order valence-electron chi connectivity index (χ4n) is 2.08. The molecular formula is C13H19NO3. The lowest BCUT2D eigenvalue weighted by atomic mass is 9.95.